The van der Waals surface area contributed by atoms with Crippen LogP contribution in [0.5, 0.6) is 0 Å². The highest BCUT2D eigenvalue weighted by molar-refractivity contribution is 5.90. The molecule has 0 aliphatic carbocycles. The zero-order valence-electron chi connectivity index (χ0n) is 9.86. The molecule has 90 valence electrons. The van der Waals surface area contributed by atoms with Gasteiger partial charge in [-0.3, -0.25) is 4.79 Å². The van der Waals surface area contributed by atoms with Gasteiger partial charge in [0.15, 0.2) is 11.4 Å². The lowest BCUT2D eigenvalue weighted by atomic mass is 10.2. The Morgan fingerprint density at radius 1 is 1.41 bits per heavy atom. The molecular formula is C12H15N3O2. The molecule has 1 heterocycles. The van der Waals surface area contributed by atoms with Crippen LogP contribution >= 0.6 is 0 Å². The number of carbonyl (C=O) groups excluding carboxylic acids is 1. The van der Waals surface area contributed by atoms with E-state index in [0.29, 0.717) is 11.4 Å². The van der Waals surface area contributed by atoms with Crippen LogP contribution in [0.4, 0.5) is 5.82 Å². The number of hydrogen-bond donors (Lipinski definition) is 2. The van der Waals surface area contributed by atoms with Gasteiger partial charge in [-0.1, -0.05) is 17.3 Å². The Hall–Kier alpha value is -2.04. The molecular weight excluding hydrogens is 218 g/mol. The van der Waals surface area contributed by atoms with Gasteiger partial charge in [0, 0.05) is 6.04 Å². The summed E-state index contributed by atoms with van der Waals surface area (Å²) in [6.45, 7) is 4.03. The Labute approximate surface area is 99.2 Å². The minimum absolute atomic E-state index is 0.0629. The van der Waals surface area contributed by atoms with Gasteiger partial charge in [-0.05, 0) is 26.0 Å². The normalized spacial score (nSPS) is 10.8. The third kappa shape index (κ3) is 2.75. The molecule has 2 rings (SSSR count). The first-order valence-corrected chi connectivity index (χ1v) is 5.54. The number of hydrogen-bond acceptors (Lipinski definition) is 4. The van der Waals surface area contributed by atoms with E-state index in [4.69, 9.17) is 4.52 Å². The van der Waals surface area contributed by atoms with Crippen LogP contribution in [0, 0.1) is 0 Å². The van der Waals surface area contributed by atoms with Crippen LogP contribution in [-0.2, 0) is 4.79 Å². The van der Waals surface area contributed by atoms with Crippen LogP contribution in [0.1, 0.15) is 13.8 Å². The maximum Gasteiger partial charge on any atom is 0.239 e. The molecule has 1 amide bonds. The number of amides is 1. The van der Waals surface area contributed by atoms with E-state index >= 15 is 0 Å². The highest BCUT2D eigenvalue weighted by atomic mass is 16.5. The first-order chi connectivity index (χ1) is 8.16. The topological polar surface area (TPSA) is 67.2 Å². The summed E-state index contributed by atoms with van der Waals surface area (Å²) in [6, 6.07) is 7.65. The minimum atomic E-state index is -0.0629. The van der Waals surface area contributed by atoms with Gasteiger partial charge in [-0.25, -0.2) is 0 Å². The third-order valence-corrected chi connectivity index (χ3v) is 2.24. The summed E-state index contributed by atoms with van der Waals surface area (Å²) in [7, 11) is 0. The molecule has 0 fully saturated rings. The summed E-state index contributed by atoms with van der Waals surface area (Å²) < 4.78 is 5.12. The summed E-state index contributed by atoms with van der Waals surface area (Å²) >= 11 is 0. The average Bonchev–Trinajstić information content (AvgIpc) is 2.69. The lowest BCUT2D eigenvalue weighted by Gasteiger charge is -2.08. The molecule has 0 bridgehead atoms. The zero-order valence-corrected chi connectivity index (χ0v) is 9.86. The predicted molar refractivity (Wildman–Crippen MR) is 65.8 cm³/mol. The molecule has 0 aliphatic rings. The van der Waals surface area contributed by atoms with E-state index < -0.39 is 0 Å². The maximum absolute atomic E-state index is 11.5. The van der Waals surface area contributed by atoms with E-state index in [2.05, 4.69) is 15.8 Å². The number of carbonyl (C=O) groups is 1. The Morgan fingerprint density at radius 3 is 2.94 bits per heavy atom. The van der Waals surface area contributed by atoms with E-state index in [0.717, 1.165) is 5.39 Å². The Bertz CT molecular complexity index is 519. The van der Waals surface area contributed by atoms with Crippen molar-refractivity contribution in [3.63, 3.8) is 0 Å². The molecule has 5 heteroatoms. The van der Waals surface area contributed by atoms with Gasteiger partial charge in [-0.15, -0.1) is 0 Å². The van der Waals surface area contributed by atoms with Gasteiger partial charge < -0.3 is 15.2 Å². The van der Waals surface area contributed by atoms with Crippen LogP contribution in [0.25, 0.3) is 11.0 Å². The fraction of sp³-hybridized carbons (Fsp3) is 0.333. The molecule has 0 aliphatic heterocycles. The lowest BCUT2D eigenvalue weighted by Crippen LogP contribution is -2.34. The van der Waals surface area contributed by atoms with Crippen molar-refractivity contribution in [2.45, 2.75) is 19.9 Å². The van der Waals surface area contributed by atoms with Crippen molar-refractivity contribution in [2.75, 3.05) is 11.9 Å². The van der Waals surface area contributed by atoms with Gasteiger partial charge >= 0.3 is 0 Å². The van der Waals surface area contributed by atoms with Crippen molar-refractivity contribution >= 4 is 22.7 Å². The van der Waals surface area contributed by atoms with Crippen LogP contribution in [0.3, 0.4) is 0 Å². The van der Waals surface area contributed by atoms with Crippen molar-refractivity contribution in [1.29, 1.82) is 0 Å². The summed E-state index contributed by atoms with van der Waals surface area (Å²) in [5.74, 6) is 0.534. The second-order valence-corrected chi connectivity index (χ2v) is 4.10. The number of fused-ring (bicyclic) bond motifs is 1. The molecule has 1 aromatic carbocycles. The molecule has 2 aromatic rings. The molecule has 0 atom stereocenters. The highest BCUT2D eigenvalue weighted by Gasteiger charge is 2.08. The van der Waals surface area contributed by atoms with E-state index in [1.54, 1.807) is 0 Å². The van der Waals surface area contributed by atoms with E-state index in [-0.39, 0.29) is 18.5 Å². The van der Waals surface area contributed by atoms with Gasteiger partial charge in [0.2, 0.25) is 5.91 Å². The number of anilines is 1. The second-order valence-electron chi connectivity index (χ2n) is 4.10. The standard InChI is InChI=1S/C12H15N3O2/c1-8(2)14-11(16)7-13-12-9-5-3-4-6-10(9)17-15-12/h3-6,8H,7H2,1-2H3,(H,13,15)(H,14,16). The monoisotopic (exact) mass is 233 g/mol. The van der Waals surface area contributed by atoms with Crippen molar-refractivity contribution in [3.05, 3.63) is 24.3 Å². The fourth-order valence-electron chi connectivity index (χ4n) is 1.55. The van der Waals surface area contributed by atoms with Gasteiger partial charge in [0.1, 0.15) is 0 Å². The van der Waals surface area contributed by atoms with Crippen LogP contribution in [-0.4, -0.2) is 23.7 Å². The summed E-state index contributed by atoms with van der Waals surface area (Å²) in [4.78, 5) is 11.5. The summed E-state index contributed by atoms with van der Waals surface area (Å²) in [5, 5.41) is 10.5. The summed E-state index contributed by atoms with van der Waals surface area (Å²) in [6.07, 6.45) is 0. The number of para-hydroxylation sites is 1. The molecule has 0 radical (unpaired) electrons. The fourth-order valence-corrected chi connectivity index (χ4v) is 1.55. The SMILES string of the molecule is CC(C)NC(=O)CNc1noc2ccccc12. The lowest BCUT2D eigenvalue weighted by molar-refractivity contribution is -0.119. The molecule has 0 spiro atoms. The van der Waals surface area contributed by atoms with Gasteiger partial charge in [0.05, 0.1) is 11.9 Å². The first kappa shape index (κ1) is 11.4. The highest BCUT2D eigenvalue weighted by Crippen LogP contribution is 2.21. The molecule has 2 N–H and O–H groups in total. The number of nitrogens with zero attached hydrogens (tertiary/aromatic N) is 1. The number of nitrogens with one attached hydrogen (secondary N) is 2. The number of aromatic nitrogens is 1. The van der Waals surface area contributed by atoms with Crippen LogP contribution in [0.2, 0.25) is 0 Å². The molecule has 0 saturated carbocycles. The minimum Gasteiger partial charge on any atom is -0.358 e. The predicted octanol–water partition coefficient (Wildman–Crippen LogP) is 1.76. The molecule has 1 aromatic heterocycles. The largest absolute Gasteiger partial charge is 0.358 e. The van der Waals surface area contributed by atoms with Crippen molar-refractivity contribution in [1.82, 2.24) is 10.5 Å². The van der Waals surface area contributed by atoms with Gasteiger partial charge in [0.25, 0.3) is 0 Å². The second kappa shape index (κ2) is 4.86. The number of rotatable bonds is 4. The zero-order chi connectivity index (χ0) is 12.3. The number of benzene rings is 1. The van der Waals surface area contributed by atoms with E-state index in [9.17, 15) is 4.79 Å². The Balaban J connectivity index is 2.02. The Morgan fingerprint density at radius 2 is 2.18 bits per heavy atom. The molecule has 0 unspecified atom stereocenters. The van der Waals surface area contributed by atoms with E-state index in [1.807, 2.05) is 38.1 Å². The van der Waals surface area contributed by atoms with Crippen molar-refractivity contribution in [2.24, 2.45) is 0 Å². The molecule has 5 nitrogen and oxygen atoms in total. The summed E-state index contributed by atoms with van der Waals surface area (Å²) in [5.41, 5.74) is 0.708. The van der Waals surface area contributed by atoms with Crippen LogP contribution < -0.4 is 10.6 Å². The van der Waals surface area contributed by atoms with Crippen molar-refractivity contribution < 1.29 is 9.32 Å². The molecule has 0 saturated heterocycles. The quantitative estimate of drug-likeness (QED) is 0.844. The van der Waals surface area contributed by atoms with Crippen LogP contribution in [0.15, 0.2) is 28.8 Å². The van der Waals surface area contributed by atoms with E-state index in [1.165, 1.54) is 0 Å². The first-order valence-electron chi connectivity index (χ1n) is 5.54. The molecule has 17 heavy (non-hydrogen) atoms. The average molecular weight is 233 g/mol. The third-order valence-electron chi connectivity index (χ3n) is 2.24. The smallest absolute Gasteiger partial charge is 0.239 e. The maximum atomic E-state index is 11.5. The van der Waals surface area contributed by atoms with Gasteiger partial charge in [-0.2, -0.15) is 0 Å². The van der Waals surface area contributed by atoms with Crippen molar-refractivity contribution in [3.8, 4) is 0 Å². The Kier molecular flexibility index (Phi) is 3.27.